The summed E-state index contributed by atoms with van der Waals surface area (Å²) in [5.41, 5.74) is 8.53. The zero-order chi connectivity index (χ0) is 19.6. The number of rotatable bonds is 10. The van der Waals surface area contributed by atoms with Gasteiger partial charge in [-0.15, -0.1) is 0 Å². The van der Waals surface area contributed by atoms with Crippen molar-refractivity contribution >= 4 is 23.4 Å². The number of benzene rings is 1. The van der Waals surface area contributed by atoms with Crippen molar-refractivity contribution in [3.8, 4) is 0 Å². The predicted molar refractivity (Wildman–Crippen MR) is 103 cm³/mol. The number of oxime groups is 1. The molecule has 2 rings (SSSR count). The second-order valence-electron chi connectivity index (χ2n) is 6.37. The molecule has 0 saturated heterocycles. The number of aliphatic carboxylic acids is 1. The number of amides is 1. The van der Waals surface area contributed by atoms with E-state index in [-0.39, 0.29) is 31.4 Å². The number of nitrogens with two attached hydrogens (primary N) is 1. The first-order valence-corrected chi connectivity index (χ1v) is 9.11. The van der Waals surface area contributed by atoms with Crippen LogP contribution < -0.4 is 11.1 Å². The Kier molecular flexibility index (Phi) is 7.79. The first-order valence-electron chi connectivity index (χ1n) is 9.11. The van der Waals surface area contributed by atoms with Gasteiger partial charge in [0.05, 0.1) is 18.6 Å². The maximum absolute atomic E-state index is 11.8. The topological polar surface area (TPSA) is 126 Å². The second kappa shape index (κ2) is 10.3. The summed E-state index contributed by atoms with van der Waals surface area (Å²) in [4.78, 5) is 31.9. The summed E-state index contributed by atoms with van der Waals surface area (Å²) in [6.45, 7) is 2.94. The molecule has 0 fully saturated rings. The summed E-state index contributed by atoms with van der Waals surface area (Å²) in [7, 11) is 0. The molecule has 1 heterocycles. The van der Waals surface area contributed by atoms with Crippen LogP contribution in [0.25, 0.3) is 0 Å². The molecule has 1 amide bonds. The maximum atomic E-state index is 11.8. The Morgan fingerprint density at radius 2 is 2.11 bits per heavy atom. The van der Waals surface area contributed by atoms with Gasteiger partial charge in [0.2, 0.25) is 5.91 Å². The molecular weight excluding hydrogens is 348 g/mol. The highest BCUT2D eigenvalue weighted by Gasteiger charge is 2.24. The molecule has 1 aromatic rings. The third-order valence-corrected chi connectivity index (χ3v) is 4.11. The molecule has 0 aliphatic carbocycles. The molecule has 8 heteroatoms. The van der Waals surface area contributed by atoms with Gasteiger partial charge in [-0.2, -0.15) is 0 Å². The summed E-state index contributed by atoms with van der Waals surface area (Å²) in [5, 5.41) is 15.2. The van der Waals surface area contributed by atoms with E-state index >= 15 is 0 Å². The van der Waals surface area contributed by atoms with Gasteiger partial charge in [0, 0.05) is 25.1 Å². The van der Waals surface area contributed by atoms with E-state index < -0.39 is 5.97 Å². The number of carbonyl (C=O) groups excluding carboxylic acids is 1. The fraction of sp³-hybridized carbons (Fsp3) is 0.474. The number of amidine groups is 1. The number of carboxylic acids is 1. The zero-order valence-corrected chi connectivity index (χ0v) is 15.5. The lowest BCUT2D eigenvalue weighted by Gasteiger charge is -2.08. The fourth-order valence-electron chi connectivity index (χ4n) is 2.58. The average molecular weight is 374 g/mol. The lowest BCUT2D eigenvalue weighted by atomic mass is 10.0. The van der Waals surface area contributed by atoms with Gasteiger partial charge in [-0.05, 0) is 12.0 Å². The van der Waals surface area contributed by atoms with E-state index in [2.05, 4.69) is 22.4 Å². The Balaban J connectivity index is 1.83. The number of aliphatic imine (C=N–C) groups is 1. The van der Waals surface area contributed by atoms with E-state index in [4.69, 9.17) is 15.7 Å². The molecule has 146 valence electrons. The Morgan fingerprint density at radius 3 is 2.78 bits per heavy atom. The summed E-state index contributed by atoms with van der Waals surface area (Å²) >= 11 is 0. The minimum Gasteiger partial charge on any atom is -0.481 e. The normalized spacial score (nSPS) is 16.6. The molecule has 0 radical (unpaired) electrons. The van der Waals surface area contributed by atoms with Crippen molar-refractivity contribution in [3.05, 3.63) is 35.4 Å². The molecule has 1 aliphatic heterocycles. The number of carboxylic acid groups (broad SMARTS) is 1. The molecule has 0 bridgehead atoms. The smallest absolute Gasteiger partial charge is 0.305 e. The van der Waals surface area contributed by atoms with Crippen molar-refractivity contribution < 1.29 is 19.5 Å². The lowest BCUT2D eigenvalue weighted by molar-refractivity contribution is -0.136. The SMILES string of the molecule is CCCCN=C(N)c1ccc(C2=NO[C@H](CC(=O)NCCC(=O)O)C2)cc1. The average Bonchev–Trinajstić information content (AvgIpc) is 3.10. The monoisotopic (exact) mass is 374 g/mol. The molecule has 1 atom stereocenters. The second-order valence-corrected chi connectivity index (χ2v) is 6.37. The molecule has 1 aliphatic rings. The van der Waals surface area contributed by atoms with Crippen molar-refractivity contribution in [2.75, 3.05) is 13.1 Å². The van der Waals surface area contributed by atoms with Gasteiger partial charge in [-0.3, -0.25) is 14.6 Å². The highest BCUT2D eigenvalue weighted by atomic mass is 16.6. The zero-order valence-electron chi connectivity index (χ0n) is 15.5. The van der Waals surface area contributed by atoms with Gasteiger partial charge in [-0.25, -0.2) is 0 Å². The Hall–Kier alpha value is -2.90. The summed E-state index contributed by atoms with van der Waals surface area (Å²) in [5.74, 6) is -0.669. The van der Waals surface area contributed by atoms with E-state index in [1.165, 1.54) is 0 Å². The van der Waals surface area contributed by atoms with Crippen LogP contribution in [-0.4, -0.2) is 47.7 Å². The van der Waals surface area contributed by atoms with Gasteiger partial charge in [0.15, 0.2) is 0 Å². The Bertz CT molecular complexity index is 713. The van der Waals surface area contributed by atoms with Crippen LogP contribution in [0.3, 0.4) is 0 Å². The van der Waals surface area contributed by atoms with Crippen LogP contribution in [0.15, 0.2) is 34.4 Å². The van der Waals surface area contributed by atoms with Crippen molar-refractivity contribution in [2.45, 2.75) is 45.1 Å². The predicted octanol–water partition coefficient (Wildman–Crippen LogP) is 1.67. The first-order chi connectivity index (χ1) is 13.0. The maximum Gasteiger partial charge on any atom is 0.305 e. The molecule has 0 aromatic heterocycles. The third kappa shape index (κ3) is 6.73. The van der Waals surface area contributed by atoms with Gasteiger partial charge < -0.3 is 21.0 Å². The Labute approximate surface area is 158 Å². The quantitative estimate of drug-likeness (QED) is 0.326. The number of carbonyl (C=O) groups is 2. The minimum absolute atomic E-state index is 0.101. The standard InChI is InChI=1S/C19H26N4O4/c1-2-3-9-22-19(20)14-6-4-13(5-7-14)16-11-15(27-23-16)12-17(24)21-10-8-18(25)26/h4-7,15H,2-3,8-12H2,1H3,(H2,20,22)(H,21,24)(H,25,26)/t15-/m0/s1. The van der Waals surface area contributed by atoms with E-state index in [1.54, 1.807) is 0 Å². The van der Waals surface area contributed by atoms with E-state index in [0.717, 1.165) is 36.2 Å². The molecular formula is C19H26N4O4. The molecule has 8 nitrogen and oxygen atoms in total. The minimum atomic E-state index is -0.947. The summed E-state index contributed by atoms with van der Waals surface area (Å²) < 4.78 is 0. The van der Waals surface area contributed by atoms with Gasteiger partial charge in [-0.1, -0.05) is 42.8 Å². The van der Waals surface area contributed by atoms with Crippen molar-refractivity contribution in [1.82, 2.24) is 5.32 Å². The summed E-state index contributed by atoms with van der Waals surface area (Å²) in [6.07, 6.45) is 2.31. The number of unbranched alkanes of at least 4 members (excludes halogenated alkanes) is 1. The van der Waals surface area contributed by atoms with Crippen LogP contribution in [0.2, 0.25) is 0 Å². The van der Waals surface area contributed by atoms with Crippen molar-refractivity contribution in [3.63, 3.8) is 0 Å². The highest BCUT2D eigenvalue weighted by Crippen LogP contribution is 2.19. The number of hydrogen-bond acceptors (Lipinski definition) is 5. The van der Waals surface area contributed by atoms with Crippen LogP contribution >= 0.6 is 0 Å². The number of hydrogen-bond donors (Lipinski definition) is 3. The van der Waals surface area contributed by atoms with E-state index in [9.17, 15) is 9.59 Å². The molecule has 27 heavy (non-hydrogen) atoms. The molecule has 0 spiro atoms. The van der Waals surface area contributed by atoms with Crippen LogP contribution in [-0.2, 0) is 14.4 Å². The molecule has 4 N–H and O–H groups in total. The molecule has 0 unspecified atom stereocenters. The first kappa shape index (κ1) is 20.4. The highest BCUT2D eigenvalue weighted by molar-refractivity contribution is 6.03. The van der Waals surface area contributed by atoms with Crippen molar-refractivity contribution in [2.24, 2.45) is 15.9 Å². The molecule has 1 aromatic carbocycles. The van der Waals surface area contributed by atoms with Crippen LogP contribution in [0.4, 0.5) is 0 Å². The van der Waals surface area contributed by atoms with Gasteiger partial charge >= 0.3 is 5.97 Å². The molecule has 0 saturated carbocycles. The number of nitrogens with one attached hydrogen (secondary N) is 1. The third-order valence-electron chi connectivity index (χ3n) is 4.11. The van der Waals surface area contributed by atoms with Crippen LogP contribution in [0.1, 0.15) is 50.2 Å². The lowest BCUT2D eigenvalue weighted by Crippen LogP contribution is -2.29. The van der Waals surface area contributed by atoms with Crippen LogP contribution in [0, 0.1) is 0 Å². The van der Waals surface area contributed by atoms with E-state index in [0.29, 0.717) is 12.3 Å². The van der Waals surface area contributed by atoms with Crippen molar-refractivity contribution in [1.29, 1.82) is 0 Å². The fourth-order valence-corrected chi connectivity index (χ4v) is 2.58. The van der Waals surface area contributed by atoms with E-state index in [1.807, 2.05) is 24.3 Å². The largest absolute Gasteiger partial charge is 0.481 e. The summed E-state index contributed by atoms with van der Waals surface area (Å²) in [6, 6.07) is 7.62. The van der Waals surface area contributed by atoms with Crippen LogP contribution in [0.5, 0.6) is 0 Å². The van der Waals surface area contributed by atoms with Gasteiger partial charge in [0.1, 0.15) is 11.9 Å². The number of nitrogens with zero attached hydrogens (tertiary/aromatic N) is 2. The Morgan fingerprint density at radius 1 is 1.37 bits per heavy atom. The van der Waals surface area contributed by atoms with Gasteiger partial charge in [0.25, 0.3) is 0 Å².